The lowest BCUT2D eigenvalue weighted by Gasteiger charge is -2.39. The van der Waals surface area contributed by atoms with E-state index in [1.165, 1.54) is 18.4 Å². The van der Waals surface area contributed by atoms with Gasteiger partial charge in [0.1, 0.15) is 0 Å². The third-order valence-corrected chi connectivity index (χ3v) is 6.36. The van der Waals surface area contributed by atoms with Gasteiger partial charge in [0.2, 0.25) is 5.91 Å². The monoisotopic (exact) mass is 413 g/mol. The van der Waals surface area contributed by atoms with E-state index in [0.717, 1.165) is 31.9 Å². The van der Waals surface area contributed by atoms with Gasteiger partial charge in [-0.05, 0) is 58.9 Å². The van der Waals surface area contributed by atoms with Gasteiger partial charge in [0.15, 0.2) is 5.96 Å². The Bertz CT molecular complexity index is 704. The number of hydrogen-bond donors (Lipinski definition) is 3. The van der Waals surface area contributed by atoms with E-state index in [-0.39, 0.29) is 5.91 Å². The van der Waals surface area contributed by atoms with Crippen LogP contribution in [0.3, 0.4) is 0 Å². The molecule has 2 aliphatic heterocycles. The summed E-state index contributed by atoms with van der Waals surface area (Å²) in [4.78, 5) is 19.7. The highest BCUT2D eigenvalue weighted by Gasteiger charge is 2.40. The minimum atomic E-state index is -0.517. The van der Waals surface area contributed by atoms with Crippen LogP contribution in [0.1, 0.15) is 58.9 Å². The summed E-state index contributed by atoms with van der Waals surface area (Å²) >= 11 is 0. The van der Waals surface area contributed by atoms with Gasteiger partial charge in [-0.1, -0.05) is 30.3 Å². The lowest BCUT2D eigenvalue weighted by Crippen LogP contribution is -2.52. The topological polar surface area (TPSA) is 68.8 Å². The number of guanidine groups is 1. The molecule has 2 saturated heterocycles. The average molecular weight is 414 g/mol. The number of amides is 1. The normalized spacial score (nSPS) is 24.5. The molecule has 2 aliphatic rings. The predicted molar refractivity (Wildman–Crippen MR) is 123 cm³/mol. The number of carbonyl (C=O) groups excluding carboxylic acids is 1. The maximum atomic E-state index is 12.3. The SMILES string of the molecule is CCNC(=O)C(C)(C)CN=C(NCC)NC1CC2CCC(C1)N2Cc1ccccc1. The summed E-state index contributed by atoms with van der Waals surface area (Å²) in [7, 11) is 0. The van der Waals surface area contributed by atoms with Crippen LogP contribution in [0, 0.1) is 5.41 Å². The van der Waals surface area contributed by atoms with E-state index in [1.54, 1.807) is 0 Å². The number of hydrogen-bond acceptors (Lipinski definition) is 3. The lowest BCUT2D eigenvalue weighted by atomic mass is 9.92. The first kappa shape index (κ1) is 22.6. The van der Waals surface area contributed by atoms with Crippen molar-refractivity contribution < 1.29 is 4.79 Å². The second-order valence-corrected chi connectivity index (χ2v) is 9.29. The van der Waals surface area contributed by atoms with Gasteiger partial charge < -0.3 is 16.0 Å². The molecule has 0 saturated carbocycles. The molecule has 166 valence electrons. The van der Waals surface area contributed by atoms with Crippen molar-refractivity contribution in [2.75, 3.05) is 19.6 Å². The van der Waals surface area contributed by atoms with Crippen LogP contribution in [0.25, 0.3) is 0 Å². The number of nitrogens with one attached hydrogen (secondary N) is 3. The molecule has 0 aromatic heterocycles. The minimum Gasteiger partial charge on any atom is -0.357 e. The number of benzene rings is 1. The summed E-state index contributed by atoms with van der Waals surface area (Å²) in [6.45, 7) is 10.9. The Morgan fingerprint density at radius 3 is 2.30 bits per heavy atom. The Hall–Kier alpha value is -2.08. The largest absolute Gasteiger partial charge is 0.357 e. The predicted octanol–water partition coefficient (Wildman–Crippen LogP) is 2.90. The molecule has 3 N–H and O–H groups in total. The maximum absolute atomic E-state index is 12.3. The van der Waals surface area contributed by atoms with Crippen LogP contribution in [0.2, 0.25) is 0 Å². The van der Waals surface area contributed by atoms with Crippen molar-refractivity contribution >= 4 is 11.9 Å². The molecular weight excluding hydrogens is 374 g/mol. The zero-order chi connectivity index (χ0) is 21.6. The smallest absolute Gasteiger partial charge is 0.227 e. The molecule has 6 nitrogen and oxygen atoms in total. The van der Waals surface area contributed by atoms with E-state index in [1.807, 2.05) is 20.8 Å². The van der Waals surface area contributed by atoms with Crippen LogP contribution in [-0.4, -0.2) is 54.5 Å². The molecule has 30 heavy (non-hydrogen) atoms. The quantitative estimate of drug-likeness (QED) is 0.453. The van der Waals surface area contributed by atoms with Crippen LogP contribution in [0.4, 0.5) is 0 Å². The first-order chi connectivity index (χ1) is 14.4. The van der Waals surface area contributed by atoms with E-state index < -0.39 is 5.41 Å². The molecule has 2 fully saturated rings. The molecule has 2 bridgehead atoms. The minimum absolute atomic E-state index is 0.0527. The van der Waals surface area contributed by atoms with Crippen molar-refractivity contribution in [1.29, 1.82) is 0 Å². The highest BCUT2D eigenvalue weighted by atomic mass is 16.2. The third kappa shape index (κ3) is 5.75. The number of nitrogens with zero attached hydrogens (tertiary/aromatic N) is 2. The molecule has 3 rings (SSSR count). The van der Waals surface area contributed by atoms with Crippen LogP contribution in [-0.2, 0) is 11.3 Å². The molecule has 2 heterocycles. The fourth-order valence-electron chi connectivity index (χ4n) is 4.71. The van der Waals surface area contributed by atoms with Gasteiger partial charge in [-0.25, -0.2) is 0 Å². The Morgan fingerprint density at radius 2 is 1.70 bits per heavy atom. The number of carbonyl (C=O) groups is 1. The highest BCUT2D eigenvalue weighted by molar-refractivity contribution is 5.83. The second kappa shape index (κ2) is 10.3. The van der Waals surface area contributed by atoms with Crippen molar-refractivity contribution in [2.24, 2.45) is 10.4 Å². The fraction of sp³-hybridized carbons (Fsp3) is 0.667. The summed E-state index contributed by atoms with van der Waals surface area (Å²) in [5.41, 5.74) is 0.888. The third-order valence-electron chi connectivity index (χ3n) is 6.36. The van der Waals surface area contributed by atoms with Gasteiger partial charge in [-0.2, -0.15) is 0 Å². The summed E-state index contributed by atoms with van der Waals surface area (Å²) in [5.74, 6) is 0.882. The fourth-order valence-corrected chi connectivity index (χ4v) is 4.71. The molecule has 1 aromatic carbocycles. The Morgan fingerprint density at radius 1 is 1.07 bits per heavy atom. The van der Waals surface area contributed by atoms with Gasteiger partial charge >= 0.3 is 0 Å². The summed E-state index contributed by atoms with van der Waals surface area (Å²) in [6, 6.07) is 12.5. The second-order valence-electron chi connectivity index (χ2n) is 9.29. The molecule has 2 atom stereocenters. The van der Waals surface area contributed by atoms with Crippen molar-refractivity contribution in [3.05, 3.63) is 35.9 Å². The zero-order valence-electron chi connectivity index (χ0n) is 19.1. The molecule has 2 unspecified atom stereocenters. The van der Waals surface area contributed by atoms with E-state index in [4.69, 9.17) is 4.99 Å². The summed E-state index contributed by atoms with van der Waals surface area (Å²) < 4.78 is 0. The van der Waals surface area contributed by atoms with Gasteiger partial charge in [-0.15, -0.1) is 0 Å². The van der Waals surface area contributed by atoms with E-state index in [9.17, 15) is 4.79 Å². The molecule has 0 radical (unpaired) electrons. The average Bonchev–Trinajstić information content (AvgIpc) is 2.95. The van der Waals surface area contributed by atoms with Crippen molar-refractivity contribution in [1.82, 2.24) is 20.9 Å². The van der Waals surface area contributed by atoms with Gasteiger partial charge in [0.05, 0.1) is 12.0 Å². The van der Waals surface area contributed by atoms with E-state index in [2.05, 4.69) is 58.1 Å². The van der Waals surface area contributed by atoms with Crippen molar-refractivity contribution in [3.8, 4) is 0 Å². The van der Waals surface area contributed by atoms with E-state index >= 15 is 0 Å². The van der Waals surface area contributed by atoms with Crippen LogP contribution < -0.4 is 16.0 Å². The highest BCUT2D eigenvalue weighted by Crippen LogP contribution is 2.36. The molecule has 0 spiro atoms. The molecule has 1 amide bonds. The Kier molecular flexibility index (Phi) is 7.75. The standard InChI is InChI=1S/C24H39N5O/c1-5-25-22(30)24(3,4)17-27-23(26-6-2)28-19-14-20-12-13-21(15-19)29(20)16-18-10-8-7-9-11-18/h7-11,19-21H,5-6,12-17H2,1-4H3,(H,25,30)(H2,26,27,28). The molecule has 1 aromatic rings. The number of rotatable bonds is 8. The van der Waals surface area contributed by atoms with Crippen molar-refractivity contribution in [3.63, 3.8) is 0 Å². The first-order valence-electron chi connectivity index (χ1n) is 11.6. The molecular formula is C24H39N5O. The molecule has 0 aliphatic carbocycles. The number of piperidine rings is 1. The van der Waals surface area contributed by atoms with Crippen molar-refractivity contribution in [2.45, 2.75) is 78.0 Å². The summed E-state index contributed by atoms with van der Waals surface area (Å²) in [6.07, 6.45) is 4.86. The number of aliphatic imine (C=N–C) groups is 1. The Labute approximate surface area is 181 Å². The zero-order valence-corrected chi connectivity index (χ0v) is 19.1. The number of fused-ring (bicyclic) bond motifs is 2. The maximum Gasteiger partial charge on any atom is 0.227 e. The van der Waals surface area contributed by atoms with Crippen LogP contribution >= 0.6 is 0 Å². The molecule has 6 heteroatoms. The lowest BCUT2D eigenvalue weighted by molar-refractivity contribution is -0.128. The van der Waals surface area contributed by atoms with Gasteiger partial charge in [-0.3, -0.25) is 14.7 Å². The van der Waals surface area contributed by atoms with E-state index in [0.29, 0.717) is 31.2 Å². The van der Waals surface area contributed by atoms with Crippen LogP contribution in [0.15, 0.2) is 35.3 Å². The first-order valence-corrected chi connectivity index (χ1v) is 11.6. The summed E-state index contributed by atoms with van der Waals surface area (Å²) in [5, 5.41) is 9.95. The van der Waals surface area contributed by atoms with Gasteiger partial charge in [0.25, 0.3) is 0 Å². The van der Waals surface area contributed by atoms with Gasteiger partial charge in [0, 0.05) is 37.8 Å². The Balaban J connectivity index is 1.59. The van der Waals surface area contributed by atoms with Crippen LogP contribution in [0.5, 0.6) is 0 Å².